The van der Waals surface area contributed by atoms with Crippen molar-refractivity contribution in [2.75, 3.05) is 39.4 Å². The Morgan fingerprint density at radius 1 is 0.727 bits per heavy atom. The van der Waals surface area contributed by atoms with Crippen molar-refractivity contribution >= 4 is 0 Å². The normalized spacial score (nSPS) is 11.8. The maximum atomic E-state index is 9.28. The van der Waals surface area contributed by atoms with Gasteiger partial charge in [0.2, 0.25) is 0 Å². The molecule has 0 saturated heterocycles. The monoisotopic (exact) mass is 314 g/mol. The van der Waals surface area contributed by atoms with Crippen LogP contribution in [0.25, 0.3) is 0 Å². The number of aliphatic hydroxyl groups excluding tert-OH is 2. The molecule has 0 radical (unpaired) electrons. The first-order chi connectivity index (χ1) is 10.7. The first-order valence-electron chi connectivity index (χ1n) is 9.42. The standard InChI is InChI=1S/C19H40NO2/c1-3-5-6-7-8-9-10-11-12-13-15-20(14-4-2,16-18-21)17-19-22/h4,21-22H,2-3,5-19H2,1H3/q+1. The predicted octanol–water partition coefficient (Wildman–Crippen LogP) is 3.89. The van der Waals surface area contributed by atoms with Crippen molar-refractivity contribution in [3.8, 4) is 0 Å². The van der Waals surface area contributed by atoms with E-state index in [2.05, 4.69) is 13.5 Å². The highest BCUT2D eigenvalue weighted by molar-refractivity contribution is 4.66. The fourth-order valence-electron chi connectivity index (χ4n) is 3.24. The summed E-state index contributed by atoms with van der Waals surface area (Å²) in [5.41, 5.74) is 0. The number of nitrogens with zero attached hydrogens (tertiary/aromatic N) is 1. The molecule has 0 saturated carbocycles. The SMILES string of the molecule is C=CC[N+](CCO)(CCO)CCCCCCCCCCCC. The van der Waals surface area contributed by atoms with Gasteiger partial charge in [-0.1, -0.05) is 64.9 Å². The summed E-state index contributed by atoms with van der Waals surface area (Å²) >= 11 is 0. The summed E-state index contributed by atoms with van der Waals surface area (Å²) in [6.07, 6.45) is 15.3. The molecule has 22 heavy (non-hydrogen) atoms. The van der Waals surface area contributed by atoms with Gasteiger partial charge in [-0.2, -0.15) is 0 Å². The van der Waals surface area contributed by atoms with E-state index in [9.17, 15) is 10.2 Å². The molecule has 3 heteroatoms. The molecule has 3 nitrogen and oxygen atoms in total. The van der Waals surface area contributed by atoms with E-state index < -0.39 is 0 Å². The van der Waals surface area contributed by atoms with Gasteiger partial charge < -0.3 is 14.7 Å². The lowest BCUT2D eigenvalue weighted by molar-refractivity contribution is -0.923. The molecule has 0 spiro atoms. The summed E-state index contributed by atoms with van der Waals surface area (Å²) in [6.45, 7) is 9.81. The van der Waals surface area contributed by atoms with Crippen LogP contribution >= 0.6 is 0 Å². The molecule has 0 aliphatic rings. The van der Waals surface area contributed by atoms with E-state index in [1.54, 1.807) is 0 Å². The number of unbranched alkanes of at least 4 members (excludes halogenated alkanes) is 9. The number of hydrogen-bond donors (Lipinski definition) is 2. The average molecular weight is 315 g/mol. The van der Waals surface area contributed by atoms with E-state index in [1.165, 1.54) is 64.2 Å². The lowest BCUT2D eigenvalue weighted by atomic mass is 10.1. The molecule has 0 aromatic heterocycles. The van der Waals surface area contributed by atoms with Crippen LogP contribution in [-0.4, -0.2) is 54.1 Å². The summed E-state index contributed by atoms with van der Waals surface area (Å²) in [5.74, 6) is 0. The van der Waals surface area contributed by atoms with Crippen LogP contribution in [-0.2, 0) is 0 Å². The molecule has 0 rings (SSSR count). The molecule has 0 aromatic rings. The Bertz CT molecular complexity index is 238. The van der Waals surface area contributed by atoms with Gasteiger partial charge in [0.05, 0.1) is 26.3 Å². The number of hydrogen-bond acceptors (Lipinski definition) is 2. The summed E-state index contributed by atoms with van der Waals surface area (Å²) < 4.78 is 0.785. The Morgan fingerprint density at radius 3 is 1.59 bits per heavy atom. The van der Waals surface area contributed by atoms with Crippen molar-refractivity contribution in [3.63, 3.8) is 0 Å². The Morgan fingerprint density at radius 2 is 1.18 bits per heavy atom. The van der Waals surface area contributed by atoms with Crippen molar-refractivity contribution in [1.29, 1.82) is 0 Å². The molecule has 132 valence electrons. The molecule has 2 N–H and O–H groups in total. The molecule has 0 aliphatic carbocycles. The van der Waals surface area contributed by atoms with Crippen LogP contribution in [0.4, 0.5) is 0 Å². The quantitative estimate of drug-likeness (QED) is 0.243. The Kier molecular flexibility index (Phi) is 15.2. The molecule has 0 unspecified atom stereocenters. The van der Waals surface area contributed by atoms with Gasteiger partial charge in [0, 0.05) is 0 Å². The van der Waals surface area contributed by atoms with Gasteiger partial charge in [0.25, 0.3) is 0 Å². The zero-order valence-corrected chi connectivity index (χ0v) is 14.9. The Balaban J connectivity index is 3.72. The van der Waals surface area contributed by atoms with Crippen LogP contribution in [0.2, 0.25) is 0 Å². The first kappa shape index (κ1) is 21.6. The predicted molar refractivity (Wildman–Crippen MR) is 95.9 cm³/mol. The van der Waals surface area contributed by atoms with E-state index in [4.69, 9.17) is 0 Å². The van der Waals surface area contributed by atoms with Crippen molar-refractivity contribution in [2.45, 2.75) is 71.1 Å². The number of rotatable bonds is 17. The highest BCUT2D eigenvalue weighted by atomic mass is 16.3. The van der Waals surface area contributed by atoms with Crippen LogP contribution in [0.15, 0.2) is 12.7 Å². The van der Waals surface area contributed by atoms with Crippen LogP contribution in [0.3, 0.4) is 0 Å². The first-order valence-corrected chi connectivity index (χ1v) is 9.42. The second kappa shape index (κ2) is 15.5. The van der Waals surface area contributed by atoms with Gasteiger partial charge in [0.15, 0.2) is 0 Å². The largest absolute Gasteiger partial charge is 0.391 e. The summed E-state index contributed by atoms with van der Waals surface area (Å²) in [5, 5.41) is 18.6. The Hall–Kier alpha value is -0.380. The van der Waals surface area contributed by atoms with Gasteiger partial charge in [-0.25, -0.2) is 0 Å². The van der Waals surface area contributed by atoms with Gasteiger partial charge >= 0.3 is 0 Å². The number of quaternary nitrogens is 1. The molecule has 0 fully saturated rings. The Labute approximate surface area is 138 Å². The van der Waals surface area contributed by atoms with Crippen molar-refractivity contribution in [2.24, 2.45) is 0 Å². The van der Waals surface area contributed by atoms with Crippen molar-refractivity contribution in [1.82, 2.24) is 0 Å². The van der Waals surface area contributed by atoms with Gasteiger partial charge in [-0.05, 0) is 18.9 Å². The molecule has 0 heterocycles. The topological polar surface area (TPSA) is 40.5 Å². The third-order valence-electron chi connectivity index (χ3n) is 4.65. The lowest BCUT2D eigenvalue weighted by Crippen LogP contribution is -2.52. The van der Waals surface area contributed by atoms with E-state index in [0.717, 1.165) is 30.7 Å². The minimum Gasteiger partial charge on any atom is -0.391 e. The smallest absolute Gasteiger partial charge is 0.102 e. The summed E-state index contributed by atoms with van der Waals surface area (Å²) in [6, 6.07) is 0. The van der Waals surface area contributed by atoms with Crippen molar-refractivity contribution < 1.29 is 14.7 Å². The maximum Gasteiger partial charge on any atom is 0.102 e. The molecule has 0 amide bonds. The number of aliphatic hydroxyl groups is 2. The minimum absolute atomic E-state index is 0.186. The van der Waals surface area contributed by atoms with Gasteiger partial charge in [-0.3, -0.25) is 0 Å². The van der Waals surface area contributed by atoms with E-state index in [0.29, 0.717) is 0 Å². The van der Waals surface area contributed by atoms with Crippen molar-refractivity contribution in [3.05, 3.63) is 12.7 Å². The zero-order valence-electron chi connectivity index (χ0n) is 14.9. The second-order valence-corrected chi connectivity index (χ2v) is 6.61. The highest BCUT2D eigenvalue weighted by Crippen LogP contribution is 2.13. The summed E-state index contributed by atoms with van der Waals surface area (Å²) in [4.78, 5) is 0. The fourth-order valence-corrected chi connectivity index (χ4v) is 3.24. The fraction of sp³-hybridized carbons (Fsp3) is 0.895. The van der Waals surface area contributed by atoms with Crippen LogP contribution in [0.5, 0.6) is 0 Å². The van der Waals surface area contributed by atoms with E-state index >= 15 is 0 Å². The molecular weight excluding hydrogens is 274 g/mol. The van der Waals surface area contributed by atoms with Crippen LogP contribution < -0.4 is 0 Å². The third-order valence-corrected chi connectivity index (χ3v) is 4.65. The average Bonchev–Trinajstić information content (AvgIpc) is 2.50. The lowest BCUT2D eigenvalue weighted by Gasteiger charge is -2.37. The minimum atomic E-state index is 0.186. The van der Waals surface area contributed by atoms with Crippen LogP contribution in [0.1, 0.15) is 71.1 Å². The molecule has 0 atom stereocenters. The maximum absolute atomic E-state index is 9.28. The molecular formula is C19H40NO2+. The molecule has 0 aliphatic heterocycles. The zero-order chi connectivity index (χ0) is 16.5. The summed E-state index contributed by atoms with van der Waals surface area (Å²) in [7, 11) is 0. The highest BCUT2D eigenvalue weighted by Gasteiger charge is 2.24. The molecule has 0 aromatic carbocycles. The second-order valence-electron chi connectivity index (χ2n) is 6.61. The van der Waals surface area contributed by atoms with E-state index in [-0.39, 0.29) is 13.2 Å². The van der Waals surface area contributed by atoms with Crippen LogP contribution in [0, 0.1) is 0 Å². The van der Waals surface area contributed by atoms with E-state index in [1.807, 2.05) is 6.08 Å². The van der Waals surface area contributed by atoms with Gasteiger partial charge in [0.1, 0.15) is 13.1 Å². The third kappa shape index (κ3) is 11.2. The van der Waals surface area contributed by atoms with Gasteiger partial charge in [-0.15, -0.1) is 0 Å². The molecule has 0 bridgehead atoms.